The van der Waals surface area contributed by atoms with E-state index in [2.05, 4.69) is 15.9 Å². The first-order valence-corrected chi connectivity index (χ1v) is 9.44. The van der Waals surface area contributed by atoms with Crippen molar-refractivity contribution in [1.29, 1.82) is 0 Å². The summed E-state index contributed by atoms with van der Waals surface area (Å²) in [5.74, 6) is 0.605. The molecule has 3 aromatic carbocycles. The highest BCUT2D eigenvalue weighted by molar-refractivity contribution is 9.10. The summed E-state index contributed by atoms with van der Waals surface area (Å²) in [6.45, 7) is 2.00. The maximum absolute atomic E-state index is 13.2. The molecule has 1 aromatic heterocycles. The van der Waals surface area contributed by atoms with Crippen LogP contribution in [0.4, 0.5) is 0 Å². The summed E-state index contributed by atoms with van der Waals surface area (Å²) in [6, 6.07) is 23.3. The molecule has 132 valence electrons. The average molecular weight is 417 g/mol. The van der Waals surface area contributed by atoms with Crippen LogP contribution < -0.4 is 5.56 Å². The Balaban J connectivity index is 1.97. The van der Waals surface area contributed by atoms with Crippen LogP contribution in [0.5, 0.6) is 0 Å². The van der Waals surface area contributed by atoms with Gasteiger partial charge in [-0.25, -0.2) is 4.98 Å². The summed E-state index contributed by atoms with van der Waals surface area (Å²) in [7, 11) is 0. The second-order valence-corrected chi connectivity index (χ2v) is 7.22. The highest BCUT2D eigenvalue weighted by atomic mass is 79.9. The number of aromatic nitrogens is 2. The summed E-state index contributed by atoms with van der Waals surface area (Å²) < 4.78 is 2.69. The molecule has 4 aromatic rings. The van der Waals surface area contributed by atoms with Crippen LogP contribution in [0.3, 0.4) is 0 Å². The number of aryl methyl sites for hydroxylation is 1. The van der Waals surface area contributed by atoms with E-state index in [4.69, 9.17) is 4.98 Å². The molecule has 0 spiro atoms. The molecule has 0 unspecified atom stereocenters. The highest BCUT2D eigenvalue weighted by Gasteiger charge is 2.12. The molecule has 4 heteroatoms. The fourth-order valence-corrected chi connectivity index (χ4v) is 3.51. The van der Waals surface area contributed by atoms with E-state index in [9.17, 15) is 4.79 Å². The van der Waals surface area contributed by atoms with Crippen molar-refractivity contribution in [3.63, 3.8) is 0 Å². The third kappa shape index (κ3) is 3.49. The minimum Gasteiger partial charge on any atom is -0.268 e. The van der Waals surface area contributed by atoms with Gasteiger partial charge in [-0.05, 0) is 54.5 Å². The summed E-state index contributed by atoms with van der Waals surface area (Å²) in [5.41, 5.74) is 3.52. The van der Waals surface area contributed by atoms with Crippen molar-refractivity contribution in [3.05, 3.63) is 105 Å². The van der Waals surface area contributed by atoms with Crippen molar-refractivity contribution in [2.75, 3.05) is 0 Å². The molecule has 27 heavy (non-hydrogen) atoms. The average Bonchev–Trinajstić information content (AvgIpc) is 2.68. The Morgan fingerprint density at radius 3 is 2.52 bits per heavy atom. The minimum absolute atomic E-state index is 0.0659. The molecule has 0 aliphatic heterocycles. The quantitative estimate of drug-likeness (QED) is 0.433. The summed E-state index contributed by atoms with van der Waals surface area (Å²) >= 11 is 3.49. The van der Waals surface area contributed by atoms with E-state index in [1.54, 1.807) is 4.57 Å². The van der Waals surface area contributed by atoms with Crippen molar-refractivity contribution >= 4 is 39.0 Å². The van der Waals surface area contributed by atoms with E-state index in [-0.39, 0.29) is 5.56 Å². The lowest BCUT2D eigenvalue weighted by atomic mass is 10.1. The van der Waals surface area contributed by atoms with E-state index >= 15 is 0 Å². The number of para-hydroxylation sites is 2. The lowest BCUT2D eigenvalue weighted by Crippen LogP contribution is -2.23. The first-order chi connectivity index (χ1) is 13.1. The zero-order valence-corrected chi connectivity index (χ0v) is 16.3. The van der Waals surface area contributed by atoms with Crippen LogP contribution in [0, 0.1) is 6.92 Å². The van der Waals surface area contributed by atoms with E-state index < -0.39 is 0 Å². The van der Waals surface area contributed by atoms with E-state index in [1.165, 1.54) is 0 Å². The van der Waals surface area contributed by atoms with E-state index in [0.29, 0.717) is 16.7 Å². The summed E-state index contributed by atoms with van der Waals surface area (Å²) in [5, 5.41) is 0.611. The van der Waals surface area contributed by atoms with Gasteiger partial charge in [0.1, 0.15) is 5.82 Å². The van der Waals surface area contributed by atoms with Gasteiger partial charge in [-0.1, -0.05) is 64.5 Å². The zero-order valence-electron chi connectivity index (χ0n) is 14.8. The lowest BCUT2D eigenvalue weighted by Gasteiger charge is -2.13. The molecule has 0 saturated carbocycles. The fraction of sp³-hybridized carbons (Fsp3) is 0.0435. The number of nitrogens with zero attached hydrogens (tertiary/aromatic N) is 2. The third-order valence-corrected chi connectivity index (χ3v) is 4.92. The SMILES string of the molecule is Cc1ccccc1-n1c(/C=C/c2cccc(Br)c2)nc2ccccc2c1=O. The van der Waals surface area contributed by atoms with Gasteiger partial charge in [0.2, 0.25) is 0 Å². The molecular formula is C23H17BrN2O. The smallest absolute Gasteiger partial charge is 0.266 e. The molecule has 0 saturated heterocycles. The predicted molar refractivity (Wildman–Crippen MR) is 115 cm³/mol. The maximum atomic E-state index is 13.2. The Morgan fingerprint density at radius 1 is 0.926 bits per heavy atom. The van der Waals surface area contributed by atoms with Crippen LogP contribution in [0.25, 0.3) is 28.7 Å². The number of halogens is 1. The van der Waals surface area contributed by atoms with Crippen molar-refractivity contribution in [2.45, 2.75) is 6.92 Å². The molecule has 4 rings (SSSR count). The maximum Gasteiger partial charge on any atom is 0.266 e. The molecule has 0 aliphatic rings. The van der Waals surface area contributed by atoms with Crippen molar-refractivity contribution in [2.24, 2.45) is 0 Å². The van der Waals surface area contributed by atoms with Crippen LogP contribution in [0.1, 0.15) is 17.0 Å². The molecule has 3 nitrogen and oxygen atoms in total. The van der Waals surface area contributed by atoms with Crippen LogP contribution >= 0.6 is 15.9 Å². The Kier molecular flexibility index (Phi) is 4.73. The Morgan fingerprint density at radius 2 is 1.70 bits per heavy atom. The number of benzene rings is 3. The molecule has 0 radical (unpaired) electrons. The number of hydrogen-bond donors (Lipinski definition) is 0. The van der Waals surface area contributed by atoms with Gasteiger partial charge < -0.3 is 0 Å². The number of fused-ring (bicyclic) bond motifs is 1. The number of rotatable bonds is 3. The summed E-state index contributed by atoms with van der Waals surface area (Å²) in [4.78, 5) is 18.0. The highest BCUT2D eigenvalue weighted by Crippen LogP contribution is 2.19. The largest absolute Gasteiger partial charge is 0.268 e. The normalized spacial score (nSPS) is 11.3. The molecule has 1 heterocycles. The molecule has 0 atom stereocenters. The number of hydrogen-bond acceptors (Lipinski definition) is 2. The van der Waals surface area contributed by atoms with Gasteiger partial charge in [0, 0.05) is 4.47 Å². The predicted octanol–water partition coefficient (Wildman–Crippen LogP) is 5.63. The standard InChI is InChI=1S/C23H17BrN2O/c1-16-7-2-5-12-21(16)26-22(14-13-17-8-6-9-18(24)15-17)25-20-11-4-3-10-19(20)23(26)27/h2-15H,1H3/b14-13+. The zero-order chi connectivity index (χ0) is 18.8. The molecule has 0 bridgehead atoms. The molecular weight excluding hydrogens is 400 g/mol. The van der Waals surface area contributed by atoms with Crippen molar-refractivity contribution < 1.29 is 0 Å². The third-order valence-electron chi connectivity index (χ3n) is 4.43. The topological polar surface area (TPSA) is 34.9 Å². The monoisotopic (exact) mass is 416 g/mol. The minimum atomic E-state index is -0.0659. The first kappa shape index (κ1) is 17.4. The molecule has 0 aliphatic carbocycles. The van der Waals surface area contributed by atoms with Crippen LogP contribution in [0.2, 0.25) is 0 Å². The van der Waals surface area contributed by atoms with Crippen LogP contribution in [-0.4, -0.2) is 9.55 Å². The van der Waals surface area contributed by atoms with Gasteiger partial charge in [0.25, 0.3) is 5.56 Å². The van der Waals surface area contributed by atoms with Crippen molar-refractivity contribution in [3.8, 4) is 5.69 Å². The Labute approximate surface area is 165 Å². The van der Waals surface area contributed by atoms with Crippen molar-refractivity contribution in [1.82, 2.24) is 9.55 Å². The van der Waals surface area contributed by atoms with E-state index in [0.717, 1.165) is 21.3 Å². The second-order valence-electron chi connectivity index (χ2n) is 6.30. The van der Waals surface area contributed by atoms with Gasteiger partial charge in [0.15, 0.2) is 0 Å². The Bertz CT molecular complexity index is 1220. The van der Waals surface area contributed by atoms with Gasteiger partial charge >= 0.3 is 0 Å². The van der Waals surface area contributed by atoms with Gasteiger partial charge in [0.05, 0.1) is 16.6 Å². The van der Waals surface area contributed by atoms with Crippen LogP contribution in [0.15, 0.2) is 82.1 Å². The molecule has 0 fully saturated rings. The fourth-order valence-electron chi connectivity index (χ4n) is 3.09. The Hall–Kier alpha value is -2.98. The van der Waals surface area contributed by atoms with Crippen LogP contribution in [-0.2, 0) is 0 Å². The lowest BCUT2D eigenvalue weighted by molar-refractivity contribution is 0.934. The first-order valence-electron chi connectivity index (χ1n) is 8.65. The molecule has 0 N–H and O–H groups in total. The summed E-state index contributed by atoms with van der Waals surface area (Å²) in [6.07, 6.45) is 3.86. The second kappa shape index (κ2) is 7.33. The van der Waals surface area contributed by atoms with Gasteiger partial charge in [-0.3, -0.25) is 9.36 Å². The van der Waals surface area contributed by atoms with E-state index in [1.807, 2.05) is 91.9 Å². The van der Waals surface area contributed by atoms with Gasteiger partial charge in [-0.2, -0.15) is 0 Å². The van der Waals surface area contributed by atoms with Gasteiger partial charge in [-0.15, -0.1) is 0 Å². The molecule has 0 amide bonds.